The van der Waals surface area contributed by atoms with Gasteiger partial charge in [-0.3, -0.25) is 19.2 Å². The normalized spacial score (nSPS) is 29.8. The van der Waals surface area contributed by atoms with Crippen LogP contribution in [0.3, 0.4) is 0 Å². The summed E-state index contributed by atoms with van der Waals surface area (Å²) in [6.45, 7) is 1.66. The van der Waals surface area contributed by atoms with E-state index >= 15 is 0 Å². The summed E-state index contributed by atoms with van der Waals surface area (Å²) < 4.78 is 20.1. The number of nitrogens with zero attached hydrogens (tertiary/aromatic N) is 2. The number of phenolic OH excluding ortho intramolecular Hbond substituents is 1. The lowest BCUT2D eigenvalue weighted by Crippen LogP contribution is -2.49. The van der Waals surface area contributed by atoms with E-state index < -0.39 is 70.5 Å². The van der Waals surface area contributed by atoms with Crippen molar-refractivity contribution in [2.75, 3.05) is 12.0 Å². The number of methoxy groups -OCH3 is 1. The molecule has 6 atom stereocenters. The van der Waals surface area contributed by atoms with Crippen LogP contribution in [0.15, 0.2) is 44.9 Å². The lowest BCUT2D eigenvalue weighted by atomic mass is 9.51. The van der Waals surface area contributed by atoms with E-state index in [1.165, 1.54) is 19.2 Å². The van der Waals surface area contributed by atoms with Crippen molar-refractivity contribution in [3.05, 3.63) is 61.3 Å². The van der Waals surface area contributed by atoms with Crippen LogP contribution < -0.4 is 15.4 Å². The lowest BCUT2D eigenvalue weighted by molar-refractivity contribution is -0.136. The second-order valence-electron chi connectivity index (χ2n) is 11.3. The van der Waals surface area contributed by atoms with Gasteiger partial charge >= 0.3 is 6.03 Å². The summed E-state index contributed by atoms with van der Waals surface area (Å²) in [5.74, 6) is -7.83. The summed E-state index contributed by atoms with van der Waals surface area (Å²) in [7, 11) is 1.36. The van der Waals surface area contributed by atoms with Crippen LogP contribution in [0, 0.1) is 34.9 Å². The van der Waals surface area contributed by atoms with Crippen LogP contribution in [0.2, 0.25) is 5.02 Å². The molecule has 4 aliphatic rings. The number of allylic oxidation sites excluding steroid dienone is 2. The summed E-state index contributed by atoms with van der Waals surface area (Å²) in [5, 5.41) is 10.4. The highest BCUT2D eigenvalue weighted by molar-refractivity contribution is 9.13. The minimum Gasteiger partial charge on any atom is -0.503 e. The smallest absolute Gasteiger partial charge is 0.328 e. The van der Waals surface area contributed by atoms with Gasteiger partial charge in [-0.25, -0.2) is 14.1 Å². The van der Waals surface area contributed by atoms with Gasteiger partial charge in [0, 0.05) is 10.4 Å². The van der Waals surface area contributed by atoms with Crippen LogP contribution >= 0.6 is 43.5 Å². The van der Waals surface area contributed by atoms with Gasteiger partial charge in [-0.15, -0.1) is 0 Å². The summed E-state index contributed by atoms with van der Waals surface area (Å²) in [4.78, 5) is 68.8. The number of urea groups is 1. The number of primary amides is 1. The molecule has 6 rings (SSSR count). The molecule has 1 saturated carbocycles. The molecule has 2 aliphatic carbocycles. The van der Waals surface area contributed by atoms with Crippen molar-refractivity contribution in [3.63, 3.8) is 0 Å². The Labute approximate surface area is 266 Å². The van der Waals surface area contributed by atoms with Crippen molar-refractivity contribution < 1.29 is 38.2 Å². The number of anilines is 1. The standard InChI is InChI=1S/C29H23Br2ClFN3O7/c1-29-15(25(39)35(27(29)41)10-3-6-17(33)16(32)7-10)8-13-11(4-5-12-19(13)26(40)36(24(12)38)28(34)42)20(29)14-9-18(43-2)23(37)22(31)21(14)30/h3-4,6-7,9,12-13,15,19-20,37H,5,8H2,1-2H3,(H2,34,42)/t12-,13+,15-,19-,20+,29+/m0/s1. The van der Waals surface area contributed by atoms with Crippen molar-refractivity contribution in [3.8, 4) is 11.5 Å². The van der Waals surface area contributed by atoms with Crippen molar-refractivity contribution in [2.24, 2.45) is 34.8 Å². The summed E-state index contributed by atoms with van der Waals surface area (Å²) >= 11 is 12.9. The van der Waals surface area contributed by atoms with Crippen LogP contribution in [0.1, 0.15) is 31.2 Å². The van der Waals surface area contributed by atoms with Crippen LogP contribution in [0.25, 0.3) is 0 Å². The van der Waals surface area contributed by atoms with Gasteiger partial charge < -0.3 is 15.6 Å². The van der Waals surface area contributed by atoms with Crippen LogP contribution in [-0.4, -0.2) is 46.8 Å². The zero-order valence-corrected chi connectivity index (χ0v) is 26.5. The van der Waals surface area contributed by atoms with Gasteiger partial charge in [0.05, 0.1) is 45.5 Å². The fraction of sp³-hybridized carbons (Fsp3) is 0.345. The van der Waals surface area contributed by atoms with E-state index in [9.17, 15) is 33.5 Å². The number of fused-ring (bicyclic) bond motifs is 4. The third-order valence-corrected chi connectivity index (χ3v) is 11.8. The Morgan fingerprint density at radius 3 is 2.44 bits per heavy atom. The molecule has 2 heterocycles. The number of phenols is 1. The number of rotatable bonds is 3. The van der Waals surface area contributed by atoms with E-state index in [0.29, 0.717) is 20.5 Å². The number of halogens is 4. The number of aromatic hydroxyl groups is 1. The minimum atomic E-state index is -1.44. The van der Waals surface area contributed by atoms with E-state index in [0.717, 1.165) is 11.0 Å². The fourth-order valence-corrected chi connectivity index (χ4v) is 8.55. The Kier molecular flexibility index (Phi) is 7.01. The zero-order valence-electron chi connectivity index (χ0n) is 22.6. The van der Waals surface area contributed by atoms with E-state index in [4.69, 9.17) is 22.1 Å². The van der Waals surface area contributed by atoms with E-state index in [2.05, 4.69) is 31.9 Å². The number of imide groups is 4. The minimum absolute atomic E-state index is 0.0234. The second kappa shape index (κ2) is 10.1. The van der Waals surface area contributed by atoms with Crippen molar-refractivity contribution in [2.45, 2.75) is 25.7 Å². The van der Waals surface area contributed by atoms with Gasteiger partial charge in [0.2, 0.25) is 23.6 Å². The van der Waals surface area contributed by atoms with Gasteiger partial charge in [0.1, 0.15) is 5.82 Å². The van der Waals surface area contributed by atoms with Crippen LogP contribution in [0.4, 0.5) is 14.9 Å². The van der Waals surface area contributed by atoms with Gasteiger partial charge in [-0.1, -0.05) is 23.3 Å². The maximum Gasteiger partial charge on any atom is 0.328 e. The average molecular weight is 740 g/mol. The first-order valence-electron chi connectivity index (χ1n) is 13.2. The maximum atomic E-state index is 14.5. The highest BCUT2D eigenvalue weighted by Crippen LogP contribution is 2.65. The molecule has 0 bridgehead atoms. The average Bonchev–Trinajstić information content (AvgIpc) is 3.33. The number of carbonyl (C=O) groups excluding carboxylic acids is 5. The molecule has 0 spiro atoms. The van der Waals surface area contributed by atoms with Crippen molar-refractivity contribution >= 4 is 78.8 Å². The van der Waals surface area contributed by atoms with E-state index in [1.807, 2.05) is 0 Å². The molecule has 0 unspecified atom stereocenters. The molecule has 224 valence electrons. The SMILES string of the molecule is COc1cc([C@H]2C3=CC[C@@H]4C(=O)N(C(N)=O)C(=O)[C@@H]4[C@@H]3C[C@H]3C(=O)N(c4ccc(F)c(Cl)c4)C(=O)[C@@]23C)c(Br)c(Br)c1O. The van der Waals surface area contributed by atoms with Gasteiger partial charge in [0.15, 0.2) is 11.5 Å². The largest absolute Gasteiger partial charge is 0.503 e. The molecule has 2 aliphatic heterocycles. The Bertz CT molecular complexity index is 1720. The molecule has 10 nitrogen and oxygen atoms in total. The van der Waals surface area contributed by atoms with Gasteiger partial charge in [-0.2, -0.15) is 4.90 Å². The number of carbonyl (C=O) groups is 5. The van der Waals surface area contributed by atoms with Gasteiger partial charge in [-0.05, 0) is 87.4 Å². The monoisotopic (exact) mass is 737 g/mol. The number of benzene rings is 2. The number of hydrogen-bond donors (Lipinski definition) is 2. The molecule has 2 saturated heterocycles. The number of amides is 6. The highest BCUT2D eigenvalue weighted by Gasteiger charge is 2.68. The van der Waals surface area contributed by atoms with Gasteiger partial charge in [0.25, 0.3) is 0 Å². The first-order valence-corrected chi connectivity index (χ1v) is 15.2. The molecule has 2 aromatic carbocycles. The summed E-state index contributed by atoms with van der Waals surface area (Å²) in [6, 6.07) is 3.93. The highest BCUT2D eigenvalue weighted by atomic mass is 79.9. The van der Waals surface area contributed by atoms with E-state index in [1.54, 1.807) is 19.1 Å². The zero-order chi connectivity index (χ0) is 31.3. The molecule has 0 aromatic heterocycles. The summed E-state index contributed by atoms with van der Waals surface area (Å²) in [6.07, 6.45) is 1.92. The van der Waals surface area contributed by atoms with Crippen molar-refractivity contribution in [1.29, 1.82) is 0 Å². The molecular weight excluding hydrogens is 717 g/mol. The third kappa shape index (κ3) is 3.96. The molecule has 2 aromatic rings. The Morgan fingerprint density at radius 2 is 1.81 bits per heavy atom. The Morgan fingerprint density at radius 1 is 1.12 bits per heavy atom. The topological polar surface area (TPSA) is 147 Å². The number of ether oxygens (including phenoxy) is 1. The second-order valence-corrected chi connectivity index (χ2v) is 13.2. The third-order valence-electron chi connectivity index (χ3n) is 9.36. The predicted octanol–water partition coefficient (Wildman–Crippen LogP) is 5.03. The molecule has 3 N–H and O–H groups in total. The molecule has 3 fully saturated rings. The molecule has 43 heavy (non-hydrogen) atoms. The Balaban J connectivity index is 1.58. The number of nitrogens with two attached hydrogens (primary N) is 1. The molecule has 14 heteroatoms. The maximum absolute atomic E-state index is 14.5. The number of hydrogen-bond acceptors (Lipinski definition) is 7. The lowest BCUT2D eigenvalue weighted by Gasteiger charge is -2.49. The fourth-order valence-electron chi connectivity index (χ4n) is 7.42. The molecular formula is C29H23Br2ClFN3O7. The van der Waals surface area contributed by atoms with Crippen LogP contribution in [0.5, 0.6) is 11.5 Å². The first-order chi connectivity index (χ1) is 20.2. The Hall–Kier alpha value is -3.29. The quantitative estimate of drug-likeness (QED) is 0.332. The molecule has 6 amide bonds. The first kappa shape index (κ1) is 29.8. The number of likely N-dealkylation sites (tertiary alicyclic amines) is 1. The van der Waals surface area contributed by atoms with E-state index in [-0.39, 0.29) is 39.5 Å². The van der Waals surface area contributed by atoms with Crippen molar-refractivity contribution in [1.82, 2.24) is 4.90 Å². The molecule has 0 radical (unpaired) electrons. The summed E-state index contributed by atoms with van der Waals surface area (Å²) in [5.41, 5.74) is 5.15. The predicted molar refractivity (Wildman–Crippen MR) is 158 cm³/mol. The van der Waals surface area contributed by atoms with Crippen LogP contribution in [-0.2, 0) is 19.2 Å².